The van der Waals surface area contributed by atoms with Crippen LogP contribution in [0.4, 0.5) is 0 Å². The molecule has 0 saturated heterocycles. The average molecular weight is 168 g/mol. The molecule has 0 radical (unpaired) electrons. The van der Waals surface area contributed by atoms with Gasteiger partial charge in [-0.25, -0.2) is 0 Å². The molecule has 1 fully saturated rings. The monoisotopic (exact) mass is 168 g/mol. The molecule has 1 aliphatic carbocycles. The summed E-state index contributed by atoms with van der Waals surface area (Å²) in [4.78, 5) is 11.3. The summed E-state index contributed by atoms with van der Waals surface area (Å²) in [6.07, 6.45) is 5.42. The number of carbonyl (C=O) groups excluding carboxylic acids is 1. The van der Waals surface area contributed by atoms with E-state index < -0.39 is 0 Å². The van der Waals surface area contributed by atoms with Gasteiger partial charge in [-0.1, -0.05) is 20.8 Å². The lowest BCUT2D eigenvalue weighted by Crippen LogP contribution is -2.12. The van der Waals surface area contributed by atoms with Crippen molar-refractivity contribution in [1.82, 2.24) is 0 Å². The number of carbonyl (C=O) groups is 1. The Kier molecular flexibility index (Phi) is 2.92. The molecule has 12 heavy (non-hydrogen) atoms. The van der Waals surface area contributed by atoms with Crippen LogP contribution in [0.3, 0.4) is 0 Å². The Morgan fingerprint density at radius 1 is 1.42 bits per heavy atom. The first-order valence-corrected chi connectivity index (χ1v) is 5.02. The fourth-order valence-corrected chi connectivity index (χ4v) is 1.80. The van der Waals surface area contributed by atoms with Crippen LogP contribution < -0.4 is 0 Å². The van der Waals surface area contributed by atoms with Crippen molar-refractivity contribution in [3.05, 3.63) is 0 Å². The second-order valence-corrected chi connectivity index (χ2v) is 5.15. The summed E-state index contributed by atoms with van der Waals surface area (Å²) >= 11 is 0. The molecule has 1 unspecified atom stereocenters. The normalized spacial score (nSPS) is 24.9. The van der Waals surface area contributed by atoms with E-state index in [0.29, 0.717) is 17.1 Å². The quantitative estimate of drug-likeness (QED) is 0.619. The van der Waals surface area contributed by atoms with Gasteiger partial charge in [0.05, 0.1) is 0 Å². The molecule has 1 aliphatic rings. The highest BCUT2D eigenvalue weighted by atomic mass is 16.1. The third-order valence-electron chi connectivity index (χ3n) is 2.67. The Morgan fingerprint density at radius 2 is 2.08 bits per heavy atom. The van der Waals surface area contributed by atoms with Crippen LogP contribution in [0.15, 0.2) is 0 Å². The van der Waals surface area contributed by atoms with Crippen LogP contribution in [0.2, 0.25) is 0 Å². The summed E-state index contributed by atoms with van der Waals surface area (Å²) < 4.78 is 0. The Hall–Kier alpha value is -0.330. The second kappa shape index (κ2) is 3.59. The van der Waals surface area contributed by atoms with Crippen molar-refractivity contribution in [2.75, 3.05) is 0 Å². The van der Waals surface area contributed by atoms with Crippen molar-refractivity contribution in [2.45, 2.75) is 52.9 Å². The zero-order chi connectivity index (χ0) is 9.19. The fraction of sp³-hybridized carbons (Fsp3) is 0.909. The molecule has 0 N–H and O–H groups in total. The SMILES string of the molecule is CC(C)(C)CCC1CCCC1=O. The van der Waals surface area contributed by atoms with E-state index in [1.54, 1.807) is 0 Å². The van der Waals surface area contributed by atoms with Crippen molar-refractivity contribution >= 4 is 5.78 Å². The van der Waals surface area contributed by atoms with Gasteiger partial charge in [0.2, 0.25) is 0 Å². The van der Waals surface area contributed by atoms with Crippen molar-refractivity contribution in [2.24, 2.45) is 11.3 Å². The van der Waals surface area contributed by atoms with Crippen LogP contribution in [-0.4, -0.2) is 5.78 Å². The van der Waals surface area contributed by atoms with Gasteiger partial charge in [-0.3, -0.25) is 4.79 Å². The van der Waals surface area contributed by atoms with Gasteiger partial charge in [0, 0.05) is 12.3 Å². The van der Waals surface area contributed by atoms with E-state index in [1.807, 2.05) is 0 Å². The summed E-state index contributed by atoms with van der Waals surface area (Å²) in [5.41, 5.74) is 0.392. The van der Waals surface area contributed by atoms with Gasteiger partial charge in [0.25, 0.3) is 0 Å². The molecule has 1 nitrogen and oxygen atoms in total. The van der Waals surface area contributed by atoms with Crippen LogP contribution in [0.5, 0.6) is 0 Å². The van der Waals surface area contributed by atoms with Gasteiger partial charge in [-0.2, -0.15) is 0 Å². The first-order chi connectivity index (χ1) is 5.49. The molecular weight excluding hydrogens is 148 g/mol. The minimum Gasteiger partial charge on any atom is -0.299 e. The minimum atomic E-state index is 0.392. The maximum atomic E-state index is 11.3. The van der Waals surface area contributed by atoms with Gasteiger partial charge in [0.1, 0.15) is 5.78 Å². The summed E-state index contributed by atoms with van der Waals surface area (Å²) in [5.74, 6) is 0.920. The van der Waals surface area contributed by atoms with Crippen LogP contribution in [0, 0.1) is 11.3 Å². The topological polar surface area (TPSA) is 17.1 Å². The molecule has 70 valence electrons. The van der Waals surface area contributed by atoms with E-state index in [4.69, 9.17) is 0 Å². The number of hydrogen-bond donors (Lipinski definition) is 0. The molecule has 1 atom stereocenters. The zero-order valence-corrected chi connectivity index (χ0v) is 8.52. The molecule has 0 amide bonds. The number of ketones is 1. The van der Waals surface area contributed by atoms with E-state index >= 15 is 0 Å². The van der Waals surface area contributed by atoms with Gasteiger partial charge in [0.15, 0.2) is 0 Å². The number of rotatable bonds is 2. The van der Waals surface area contributed by atoms with Crippen LogP contribution in [-0.2, 0) is 4.79 Å². The first kappa shape index (κ1) is 9.76. The predicted molar refractivity (Wildman–Crippen MR) is 51.0 cm³/mol. The molecule has 0 aromatic carbocycles. The Morgan fingerprint density at radius 3 is 2.50 bits per heavy atom. The average Bonchev–Trinajstić information content (AvgIpc) is 2.29. The minimum absolute atomic E-state index is 0.392. The molecule has 1 saturated carbocycles. The zero-order valence-electron chi connectivity index (χ0n) is 8.52. The third kappa shape index (κ3) is 2.96. The van der Waals surface area contributed by atoms with Crippen molar-refractivity contribution in [3.63, 3.8) is 0 Å². The summed E-state index contributed by atoms with van der Waals surface area (Å²) in [6.45, 7) is 6.73. The molecule has 0 aliphatic heterocycles. The predicted octanol–water partition coefficient (Wildman–Crippen LogP) is 3.18. The highest BCUT2D eigenvalue weighted by Gasteiger charge is 2.25. The van der Waals surface area contributed by atoms with Gasteiger partial charge in [-0.15, -0.1) is 0 Å². The maximum absolute atomic E-state index is 11.3. The molecule has 1 rings (SSSR count). The Balaban J connectivity index is 2.27. The first-order valence-electron chi connectivity index (χ1n) is 5.02. The highest BCUT2D eigenvalue weighted by Crippen LogP contribution is 2.30. The molecular formula is C11H20O. The van der Waals surface area contributed by atoms with Gasteiger partial charge < -0.3 is 0 Å². The standard InChI is InChI=1S/C11H20O/c1-11(2,3)8-7-9-5-4-6-10(9)12/h9H,4-8H2,1-3H3. The fourth-order valence-electron chi connectivity index (χ4n) is 1.80. The molecule has 0 aromatic rings. The van der Waals surface area contributed by atoms with Gasteiger partial charge in [-0.05, 0) is 31.1 Å². The van der Waals surface area contributed by atoms with E-state index in [-0.39, 0.29) is 0 Å². The van der Waals surface area contributed by atoms with E-state index in [1.165, 1.54) is 6.42 Å². The van der Waals surface area contributed by atoms with Crippen molar-refractivity contribution in [1.29, 1.82) is 0 Å². The molecule has 0 aromatic heterocycles. The summed E-state index contributed by atoms with van der Waals surface area (Å²) in [7, 11) is 0. The summed E-state index contributed by atoms with van der Waals surface area (Å²) in [5, 5.41) is 0. The molecule has 0 bridgehead atoms. The molecule has 0 spiro atoms. The van der Waals surface area contributed by atoms with Crippen LogP contribution >= 0.6 is 0 Å². The second-order valence-electron chi connectivity index (χ2n) is 5.15. The summed E-state index contributed by atoms with van der Waals surface area (Å²) in [6, 6.07) is 0. The van der Waals surface area contributed by atoms with E-state index in [2.05, 4.69) is 20.8 Å². The third-order valence-corrected chi connectivity index (χ3v) is 2.67. The Bertz CT molecular complexity index is 164. The maximum Gasteiger partial charge on any atom is 0.135 e. The van der Waals surface area contributed by atoms with Crippen molar-refractivity contribution < 1.29 is 4.79 Å². The van der Waals surface area contributed by atoms with E-state index in [9.17, 15) is 4.79 Å². The number of Topliss-reactive ketones (excluding diaryl/α,β-unsaturated/α-hetero) is 1. The van der Waals surface area contributed by atoms with Gasteiger partial charge >= 0.3 is 0 Å². The van der Waals surface area contributed by atoms with Crippen LogP contribution in [0.25, 0.3) is 0 Å². The Labute approximate surface area is 75.5 Å². The largest absolute Gasteiger partial charge is 0.299 e. The van der Waals surface area contributed by atoms with Crippen LogP contribution in [0.1, 0.15) is 52.9 Å². The molecule has 0 heterocycles. The lowest BCUT2D eigenvalue weighted by atomic mass is 9.86. The highest BCUT2D eigenvalue weighted by molar-refractivity contribution is 5.82. The lowest BCUT2D eigenvalue weighted by molar-refractivity contribution is -0.120. The molecule has 1 heteroatoms. The number of hydrogen-bond acceptors (Lipinski definition) is 1. The smallest absolute Gasteiger partial charge is 0.135 e. The lowest BCUT2D eigenvalue weighted by Gasteiger charge is -2.19. The van der Waals surface area contributed by atoms with Crippen molar-refractivity contribution in [3.8, 4) is 0 Å². The van der Waals surface area contributed by atoms with E-state index in [0.717, 1.165) is 25.7 Å².